The first kappa shape index (κ1) is 10.2. The molecule has 1 fully saturated rings. The highest BCUT2D eigenvalue weighted by atomic mass is 31.1. The van der Waals surface area contributed by atoms with Gasteiger partial charge in [-0.15, -0.1) is 0 Å². The standard InChI is InChI=1S/C8H18NO2P/c1-6-2-4-7(5-3-6)8(9)12(10)11/h6-8,12H,2-5,9H2,1H3,(H,10,11). The summed E-state index contributed by atoms with van der Waals surface area (Å²) in [5.41, 5.74) is 5.62. The van der Waals surface area contributed by atoms with Crippen molar-refractivity contribution in [2.75, 3.05) is 0 Å². The maximum absolute atomic E-state index is 10.7. The molecule has 0 aromatic rings. The summed E-state index contributed by atoms with van der Waals surface area (Å²) >= 11 is 0. The lowest BCUT2D eigenvalue weighted by atomic mass is 9.83. The molecule has 2 unspecified atom stereocenters. The van der Waals surface area contributed by atoms with Crippen molar-refractivity contribution in [3.63, 3.8) is 0 Å². The summed E-state index contributed by atoms with van der Waals surface area (Å²) in [6, 6.07) is 0. The fraction of sp³-hybridized carbons (Fsp3) is 1.00. The zero-order valence-corrected chi connectivity index (χ0v) is 8.49. The highest BCUT2D eigenvalue weighted by Gasteiger charge is 2.26. The molecule has 0 bridgehead atoms. The van der Waals surface area contributed by atoms with Crippen molar-refractivity contribution in [1.82, 2.24) is 0 Å². The van der Waals surface area contributed by atoms with Crippen molar-refractivity contribution in [3.8, 4) is 0 Å². The van der Waals surface area contributed by atoms with E-state index in [1.807, 2.05) is 0 Å². The van der Waals surface area contributed by atoms with Gasteiger partial charge in [0.2, 0.25) is 8.03 Å². The van der Waals surface area contributed by atoms with Gasteiger partial charge in [0, 0.05) is 0 Å². The second kappa shape index (κ2) is 4.40. The quantitative estimate of drug-likeness (QED) is 0.651. The molecule has 0 aromatic heterocycles. The molecule has 3 N–H and O–H groups in total. The first-order chi connectivity index (χ1) is 5.61. The first-order valence-electron chi connectivity index (χ1n) is 4.59. The second-order valence-corrected chi connectivity index (χ2v) is 5.23. The topological polar surface area (TPSA) is 63.3 Å². The van der Waals surface area contributed by atoms with Crippen molar-refractivity contribution in [2.45, 2.75) is 38.4 Å². The van der Waals surface area contributed by atoms with Crippen LogP contribution in [0.3, 0.4) is 0 Å². The summed E-state index contributed by atoms with van der Waals surface area (Å²) in [4.78, 5) is 8.86. The van der Waals surface area contributed by atoms with Crippen LogP contribution in [0.4, 0.5) is 0 Å². The Balaban J connectivity index is 2.39. The van der Waals surface area contributed by atoms with Crippen LogP contribution in [-0.2, 0) is 4.57 Å². The van der Waals surface area contributed by atoms with Crippen molar-refractivity contribution in [2.24, 2.45) is 17.6 Å². The van der Waals surface area contributed by atoms with Crippen molar-refractivity contribution >= 4 is 8.03 Å². The Kier molecular flexibility index (Phi) is 3.76. The molecule has 3 nitrogen and oxygen atoms in total. The summed E-state index contributed by atoms with van der Waals surface area (Å²) in [5.74, 6) is 0.606. The van der Waals surface area contributed by atoms with Gasteiger partial charge in [-0.05, 0) is 24.7 Å². The number of hydrogen-bond acceptors (Lipinski definition) is 2. The zero-order valence-electron chi connectivity index (χ0n) is 7.49. The largest absolute Gasteiger partial charge is 0.345 e. The van der Waals surface area contributed by atoms with Crippen molar-refractivity contribution in [3.05, 3.63) is 0 Å². The van der Waals surface area contributed by atoms with Gasteiger partial charge >= 0.3 is 0 Å². The second-order valence-electron chi connectivity index (χ2n) is 3.88. The van der Waals surface area contributed by atoms with Crippen molar-refractivity contribution in [1.29, 1.82) is 0 Å². The van der Waals surface area contributed by atoms with E-state index in [0.29, 0.717) is 0 Å². The first-order valence-corrected chi connectivity index (χ1v) is 6.03. The average Bonchev–Trinajstić information content (AvgIpc) is 2.04. The lowest BCUT2D eigenvalue weighted by molar-refractivity contribution is 0.277. The minimum Gasteiger partial charge on any atom is -0.345 e. The van der Waals surface area contributed by atoms with Gasteiger partial charge in [-0.3, -0.25) is 4.57 Å². The maximum atomic E-state index is 10.7. The predicted octanol–water partition coefficient (Wildman–Crippen LogP) is 1.56. The molecular formula is C8H18NO2P. The fourth-order valence-electron chi connectivity index (χ4n) is 1.85. The van der Waals surface area contributed by atoms with Crippen LogP contribution in [0.1, 0.15) is 32.6 Å². The van der Waals surface area contributed by atoms with Gasteiger partial charge in [0.1, 0.15) is 0 Å². The Morgan fingerprint density at radius 2 is 1.92 bits per heavy atom. The van der Waals surface area contributed by atoms with E-state index in [1.54, 1.807) is 0 Å². The highest BCUT2D eigenvalue weighted by Crippen LogP contribution is 2.36. The lowest BCUT2D eigenvalue weighted by Gasteiger charge is -2.28. The fourth-order valence-corrected chi connectivity index (χ4v) is 2.58. The molecule has 12 heavy (non-hydrogen) atoms. The molecule has 4 heteroatoms. The van der Waals surface area contributed by atoms with Crippen LogP contribution in [0.25, 0.3) is 0 Å². The SMILES string of the molecule is CC1CCC(C(N)[PH](=O)O)CC1. The Hall–Kier alpha value is 0.150. The van der Waals surface area contributed by atoms with Gasteiger partial charge in [-0.1, -0.05) is 19.8 Å². The molecular weight excluding hydrogens is 173 g/mol. The van der Waals surface area contributed by atoms with Gasteiger partial charge < -0.3 is 10.6 Å². The monoisotopic (exact) mass is 191 g/mol. The van der Waals surface area contributed by atoms with Gasteiger partial charge in [-0.25, -0.2) is 0 Å². The Bertz CT molecular complexity index is 166. The number of nitrogens with two attached hydrogens (primary N) is 1. The summed E-state index contributed by atoms with van der Waals surface area (Å²) in [6.07, 6.45) is 4.37. The van der Waals surface area contributed by atoms with E-state index < -0.39 is 13.8 Å². The minimum absolute atomic E-state index is 0.289. The Labute approximate surface area is 74.2 Å². The van der Waals surface area contributed by atoms with E-state index in [2.05, 4.69) is 6.92 Å². The average molecular weight is 191 g/mol. The molecule has 0 heterocycles. The van der Waals surface area contributed by atoms with E-state index >= 15 is 0 Å². The third-order valence-electron chi connectivity index (χ3n) is 2.85. The van der Waals surface area contributed by atoms with Gasteiger partial charge in [0.25, 0.3) is 0 Å². The van der Waals surface area contributed by atoms with Crippen LogP contribution in [0.5, 0.6) is 0 Å². The summed E-state index contributed by atoms with van der Waals surface area (Å²) < 4.78 is 10.7. The van der Waals surface area contributed by atoms with Crippen LogP contribution in [0.15, 0.2) is 0 Å². The minimum atomic E-state index is -2.50. The summed E-state index contributed by atoms with van der Waals surface area (Å²) in [6.45, 7) is 2.23. The molecule has 1 saturated carbocycles. The van der Waals surface area contributed by atoms with Crippen LogP contribution < -0.4 is 5.73 Å². The van der Waals surface area contributed by atoms with Gasteiger partial charge in [0.05, 0.1) is 5.78 Å². The molecule has 1 aliphatic carbocycles. The summed E-state index contributed by atoms with van der Waals surface area (Å²) in [7, 11) is -2.50. The molecule has 0 aromatic carbocycles. The van der Waals surface area contributed by atoms with E-state index in [-0.39, 0.29) is 5.92 Å². The highest BCUT2D eigenvalue weighted by molar-refractivity contribution is 7.38. The molecule has 0 amide bonds. The number of rotatable bonds is 2. The zero-order chi connectivity index (χ0) is 9.14. The molecule has 0 spiro atoms. The van der Waals surface area contributed by atoms with Crippen LogP contribution in [-0.4, -0.2) is 10.7 Å². The van der Waals surface area contributed by atoms with Gasteiger partial charge in [0.15, 0.2) is 0 Å². The van der Waals surface area contributed by atoms with Gasteiger partial charge in [-0.2, -0.15) is 0 Å². The third kappa shape index (κ3) is 2.58. The molecule has 0 saturated heterocycles. The van der Waals surface area contributed by atoms with E-state index in [1.165, 1.54) is 0 Å². The van der Waals surface area contributed by atoms with E-state index in [4.69, 9.17) is 10.6 Å². The molecule has 2 atom stereocenters. The molecule has 0 radical (unpaired) electrons. The summed E-state index contributed by atoms with van der Waals surface area (Å²) in [5, 5.41) is 0. The Morgan fingerprint density at radius 1 is 1.42 bits per heavy atom. The molecule has 72 valence electrons. The normalized spacial score (nSPS) is 35.9. The predicted molar refractivity (Wildman–Crippen MR) is 50.3 cm³/mol. The smallest absolute Gasteiger partial charge is 0.205 e. The van der Waals surface area contributed by atoms with Crippen LogP contribution >= 0.6 is 8.03 Å². The van der Waals surface area contributed by atoms with E-state index in [0.717, 1.165) is 31.6 Å². The third-order valence-corrected chi connectivity index (χ3v) is 3.90. The van der Waals surface area contributed by atoms with Crippen LogP contribution in [0, 0.1) is 11.8 Å². The molecule has 1 aliphatic rings. The molecule has 1 rings (SSSR count). The molecule has 0 aliphatic heterocycles. The lowest BCUT2D eigenvalue weighted by Crippen LogP contribution is -2.29. The maximum Gasteiger partial charge on any atom is 0.205 e. The number of hydrogen-bond donors (Lipinski definition) is 2. The van der Waals surface area contributed by atoms with Crippen molar-refractivity contribution < 1.29 is 9.46 Å². The van der Waals surface area contributed by atoms with E-state index in [9.17, 15) is 4.57 Å². The Morgan fingerprint density at radius 3 is 2.33 bits per heavy atom. The van der Waals surface area contributed by atoms with Crippen LogP contribution in [0.2, 0.25) is 0 Å².